The van der Waals surface area contributed by atoms with E-state index < -0.39 is 31.0 Å². The molecule has 0 aliphatic carbocycles. The zero-order valence-electron chi connectivity index (χ0n) is 9.76. The van der Waals surface area contributed by atoms with Crippen molar-refractivity contribution in [2.24, 2.45) is 0 Å². The molecule has 0 amide bonds. The molecule has 9 nitrogen and oxygen atoms in total. The molecule has 0 saturated carbocycles. The zero-order chi connectivity index (χ0) is 13.6. The number of aromatic amines is 1. The number of aliphatic hydroxyl groups excluding tert-OH is 3. The molecular formula is C10H13N5O4. The normalized spacial score (nSPS) is 31.1. The van der Waals surface area contributed by atoms with Gasteiger partial charge in [0.2, 0.25) is 5.95 Å². The Kier molecular flexibility index (Phi) is 2.82. The van der Waals surface area contributed by atoms with Crippen molar-refractivity contribution in [2.45, 2.75) is 24.4 Å². The molecule has 3 heterocycles. The Hall–Kier alpha value is -1.81. The van der Waals surface area contributed by atoms with E-state index in [4.69, 9.17) is 15.6 Å². The molecule has 0 radical (unpaired) electrons. The first-order chi connectivity index (χ1) is 9.11. The summed E-state index contributed by atoms with van der Waals surface area (Å²) in [6.45, 7) is -0.391. The summed E-state index contributed by atoms with van der Waals surface area (Å²) in [5.74, 6) is 0.0712. The fourth-order valence-electron chi connectivity index (χ4n) is 2.18. The highest BCUT2D eigenvalue weighted by molar-refractivity contribution is 5.77. The molecule has 1 aliphatic heterocycles. The molecule has 1 unspecified atom stereocenters. The van der Waals surface area contributed by atoms with Crippen LogP contribution in [0.1, 0.15) is 11.8 Å². The summed E-state index contributed by atoms with van der Waals surface area (Å²) in [5.41, 5.74) is 6.80. The minimum Gasteiger partial charge on any atom is -0.394 e. The first kappa shape index (κ1) is 12.2. The molecule has 0 bridgehead atoms. The summed E-state index contributed by atoms with van der Waals surface area (Å²) in [6.07, 6.45) is -2.62. The first-order valence-corrected chi connectivity index (χ1v) is 5.70. The third-order valence-electron chi connectivity index (χ3n) is 3.17. The minimum atomic E-state index is -1.18. The van der Waals surface area contributed by atoms with Crippen LogP contribution in [0.2, 0.25) is 0 Å². The van der Waals surface area contributed by atoms with Crippen LogP contribution in [0.15, 0.2) is 6.20 Å². The number of aliphatic hydroxyl groups is 3. The minimum absolute atomic E-state index is 0.0712. The van der Waals surface area contributed by atoms with Crippen LogP contribution in [0.3, 0.4) is 0 Å². The summed E-state index contributed by atoms with van der Waals surface area (Å²) in [7, 11) is 0. The van der Waals surface area contributed by atoms with Crippen molar-refractivity contribution in [3.05, 3.63) is 11.9 Å². The van der Waals surface area contributed by atoms with E-state index in [0.717, 1.165) is 0 Å². The smallest absolute Gasteiger partial charge is 0.220 e. The standard InChI is InChI=1S/C10H13N5O4/c11-10-12-1-3-5(13-10)6(15-14-3)9-8(18)7(17)4(2-16)19-9/h1,4,7-9,16-18H,2H2,(H,14,15)(H2,11,12,13)/t4-,7-,8-,9?/m1/s1. The van der Waals surface area contributed by atoms with E-state index in [-0.39, 0.29) is 5.95 Å². The Balaban J connectivity index is 2.03. The number of hydrogen-bond donors (Lipinski definition) is 5. The third kappa shape index (κ3) is 1.83. The van der Waals surface area contributed by atoms with E-state index in [0.29, 0.717) is 16.7 Å². The van der Waals surface area contributed by atoms with Crippen LogP contribution < -0.4 is 5.73 Å². The molecule has 2 aromatic heterocycles. The monoisotopic (exact) mass is 267 g/mol. The van der Waals surface area contributed by atoms with Gasteiger partial charge in [-0.3, -0.25) is 5.10 Å². The van der Waals surface area contributed by atoms with Crippen LogP contribution >= 0.6 is 0 Å². The number of H-pyrrole nitrogens is 1. The number of anilines is 1. The van der Waals surface area contributed by atoms with Crippen molar-refractivity contribution in [1.29, 1.82) is 0 Å². The molecule has 6 N–H and O–H groups in total. The predicted octanol–water partition coefficient (Wildman–Crippen LogP) is -1.91. The van der Waals surface area contributed by atoms with E-state index in [1.807, 2.05) is 0 Å². The Morgan fingerprint density at radius 2 is 2.16 bits per heavy atom. The number of nitrogen functional groups attached to an aromatic ring is 1. The Labute approximate surface area is 107 Å². The van der Waals surface area contributed by atoms with Gasteiger partial charge in [-0.15, -0.1) is 0 Å². The van der Waals surface area contributed by atoms with Gasteiger partial charge in [-0.05, 0) is 0 Å². The summed E-state index contributed by atoms with van der Waals surface area (Å²) in [4.78, 5) is 7.83. The van der Waals surface area contributed by atoms with Crippen LogP contribution in [0.5, 0.6) is 0 Å². The summed E-state index contributed by atoms with van der Waals surface area (Å²) >= 11 is 0. The Morgan fingerprint density at radius 3 is 2.84 bits per heavy atom. The second-order valence-corrected chi connectivity index (χ2v) is 4.36. The van der Waals surface area contributed by atoms with Gasteiger partial charge in [0, 0.05) is 0 Å². The van der Waals surface area contributed by atoms with E-state index in [9.17, 15) is 10.2 Å². The number of fused-ring (bicyclic) bond motifs is 1. The molecular weight excluding hydrogens is 254 g/mol. The lowest BCUT2D eigenvalue weighted by molar-refractivity contribution is -0.0236. The first-order valence-electron chi connectivity index (χ1n) is 5.70. The largest absolute Gasteiger partial charge is 0.394 e. The Bertz CT molecular complexity index is 603. The highest BCUT2D eigenvalue weighted by Crippen LogP contribution is 2.35. The van der Waals surface area contributed by atoms with Crippen molar-refractivity contribution in [3.63, 3.8) is 0 Å². The SMILES string of the molecule is Nc1ncc2n[nH]c(C3O[C@H](CO)[C@@H](O)[C@H]3O)c2n1. The molecule has 19 heavy (non-hydrogen) atoms. The lowest BCUT2D eigenvalue weighted by atomic mass is 10.1. The summed E-state index contributed by atoms with van der Waals surface area (Å²) in [6, 6.07) is 0. The molecule has 4 atom stereocenters. The number of aromatic nitrogens is 4. The molecule has 1 saturated heterocycles. The van der Waals surface area contributed by atoms with Crippen LogP contribution in [0.25, 0.3) is 11.0 Å². The van der Waals surface area contributed by atoms with Gasteiger partial charge in [-0.25, -0.2) is 9.97 Å². The predicted molar refractivity (Wildman–Crippen MR) is 62.8 cm³/mol. The van der Waals surface area contributed by atoms with Gasteiger partial charge in [-0.2, -0.15) is 5.10 Å². The van der Waals surface area contributed by atoms with Crippen LogP contribution in [0.4, 0.5) is 5.95 Å². The van der Waals surface area contributed by atoms with E-state index >= 15 is 0 Å². The van der Waals surface area contributed by atoms with Crippen molar-refractivity contribution in [1.82, 2.24) is 20.2 Å². The van der Waals surface area contributed by atoms with Crippen LogP contribution in [-0.2, 0) is 4.74 Å². The van der Waals surface area contributed by atoms with Gasteiger partial charge in [0.15, 0.2) is 0 Å². The lowest BCUT2D eigenvalue weighted by Gasteiger charge is -2.12. The van der Waals surface area contributed by atoms with Crippen molar-refractivity contribution < 1.29 is 20.1 Å². The van der Waals surface area contributed by atoms with Gasteiger partial charge in [0.05, 0.1) is 18.5 Å². The van der Waals surface area contributed by atoms with Crippen molar-refractivity contribution in [2.75, 3.05) is 12.3 Å². The van der Waals surface area contributed by atoms with Gasteiger partial charge in [0.1, 0.15) is 35.4 Å². The average Bonchev–Trinajstić information content (AvgIpc) is 2.92. The van der Waals surface area contributed by atoms with E-state index in [2.05, 4.69) is 20.2 Å². The molecule has 0 spiro atoms. The summed E-state index contributed by atoms with van der Waals surface area (Å²) in [5, 5.41) is 35.4. The highest BCUT2D eigenvalue weighted by atomic mass is 16.6. The second-order valence-electron chi connectivity index (χ2n) is 4.36. The van der Waals surface area contributed by atoms with Crippen molar-refractivity contribution in [3.8, 4) is 0 Å². The Morgan fingerprint density at radius 1 is 1.37 bits per heavy atom. The highest BCUT2D eigenvalue weighted by Gasteiger charge is 2.44. The fourth-order valence-corrected chi connectivity index (χ4v) is 2.18. The van der Waals surface area contributed by atoms with Gasteiger partial charge in [0.25, 0.3) is 0 Å². The number of nitrogens with one attached hydrogen (secondary N) is 1. The van der Waals surface area contributed by atoms with Gasteiger partial charge in [-0.1, -0.05) is 0 Å². The van der Waals surface area contributed by atoms with Gasteiger partial charge >= 0.3 is 0 Å². The molecule has 102 valence electrons. The number of hydrogen-bond acceptors (Lipinski definition) is 8. The van der Waals surface area contributed by atoms with Crippen LogP contribution in [0, 0.1) is 0 Å². The number of rotatable bonds is 2. The number of nitrogens with two attached hydrogens (primary N) is 1. The maximum atomic E-state index is 9.95. The maximum Gasteiger partial charge on any atom is 0.220 e. The second kappa shape index (κ2) is 4.38. The molecule has 1 aliphatic rings. The molecule has 3 rings (SSSR count). The lowest BCUT2D eigenvalue weighted by Crippen LogP contribution is -2.32. The molecule has 0 aromatic carbocycles. The van der Waals surface area contributed by atoms with Crippen LogP contribution in [-0.4, -0.2) is 60.4 Å². The summed E-state index contributed by atoms with van der Waals surface area (Å²) < 4.78 is 5.40. The fraction of sp³-hybridized carbons (Fsp3) is 0.500. The molecule has 2 aromatic rings. The van der Waals surface area contributed by atoms with E-state index in [1.54, 1.807) is 0 Å². The van der Waals surface area contributed by atoms with Gasteiger partial charge < -0.3 is 25.8 Å². The molecule has 9 heteroatoms. The van der Waals surface area contributed by atoms with E-state index in [1.165, 1.54) is 6.20 Å². The zero-order valence-corrected chi connectivity index (χ0v) is 9.76. The average molecular weight is 267 g/mol. The quantitative estimate of drug-likeness (QED) is 0.423. The number of nitrogens with zero attached hydrogens (tertiary/aromatic N) is 3. The van der Waals surface area contributed by atoms with Crippen molar-refractivity contribution >= 4 is 17.0 Å². The molecule has 1 fully saturated rings. The topological polar surface area (TPSA) is 150 Å². The maximum absolute atomic E-state index is 9.95. The number of ether oxygens (including phenoxy) is 1. The third-order valence-corrected chi connectivity index (χ3v) is 3.17.